The van der Waals surface area contributed by atoms with Crippen LogP contribution in [0.25, 0.3) is 11.1 Å². The van der Waals surface area contributed by atoms with Crippen LogP contribution in [0.1, 0.15) is 5.56 Å². The van der Waals surface area contributed by atoms with E-state index in [9.17, 15) is 4.79 Å². The van der Waals surface area contributed by atoms with Crippen LogP contribution in [-0.2, 0) is 11.3 Å². The SMILES string of the molecule is COc1ccc(CN(C)C(=O)COc2ccc(-c3ccccc3)cc2)cc1OC. The molecule has 1 amide bonds. The molecule has 0 bridgehead atoms. The molecule has 0 N–H and O–H groups in total. The number of ether oxygens (including phenoxy) is 3. The molecule has 0 spiro atoms. The topological polar surface area (TPSA) is 48.0 Å². The van der Waals surface area contributed by atoms with Gasteiger partial charge in [0.25, 0.3) is 5.91 Å². The van der Waals surface area contributed by atoms with Crippen molar-refractivity contribution in [1.82, 2.24) is 4.90 Å². The van der Waals surface area contributed by atoms with Crippen molar-refractivity contribution in [1.29, 1.82) is 0 Å². The van der Waals surface area contributed by atoms with Gasteiger partial charge in [0, 0.05) is 13.6 Å². The number of nitrogens with zero attached hydrogens (tertiary/aromatic N) is 1. The van der Waals surface area contributed by atoms with Crippen molar-refractivity contribution in [3.63, 3.8) is 0 Å². The number of amides is 1. The van der Waals surface area contributed by atoms with Gasteiger partial charge in [-0.25, -0.2) is 0 Å². The van der Waals surface area contributed by atoms with Crippen LogP contribution in [0.5, 0.6) is 17.2 Å². The number of carbonyl (C=O) groups is 1. The second-order valence-electron chi connectivity index (χ2n) is 6.62. The Morgan fingerprint density at radius 1 is 0.828 bits per heavy atom. The van der Waals surface area contributed by atoms with Crippen LogP contribution < -0.4 is 14.2 Å². The van der Waals surface area contributed by atoms with Crippen LogP contribution in [0.3, 0.4) is 0 Å². The monoisotopic (exact) mass is 391 g/mol. The molecule has 3 rings (SSSR count). The van der Waals surface area contributed by atoms with E-state index in [0.717, 1.165) is 16.7 Å². The standard InChI is InChI=1S/C24H25NO4/c1-25(16-18-9-14-22(27-2)23(15-18)28-3)24(26)17-29-21-12-10-20(11-13-21)19-7-5-4-6-8-19/h4-15H,16-17H2,1-3H3. The lowest BCUT2D eigenvalue weighted by molar-refractivity contribution is -0.132. The summed E-state index contributed by atoms with van der Waals surface area (Å²) >= 11 is 0. The first-order valence-electron chi connectivity index (χ1n) is 9.34. The quantitative estimate of drug-likeness (QED) is 0.571. The highest BCUT2D eigenvalue weighted by Crippen LogP contribution is 2.28. The van der Waals surface area contributed by atoms with E-state index < -0.39 is 0 Å². The molecule has 5 nitrogen and oxygen atoms in total. The molecule has 5 heteroatoms. The lowest BCUT2D eigenvalue weighted by Gasteiger charge is -2.18. The van der Waals surface area contributed by atoms with Gasteiger partial charge in [0.05, 0.1) is 14.2 Å². The number of likely N-dealkylation sites (N-methyl/N-ethyl adjacent to an activating group) is 1. The zero-order valence-corrected chi connectivity index (χ0v) is 16.9. The summed E-state index contributed by atoms with van der Waals surface area (Å²) in [6, 6.07) is 23.5. The van der Waals surface area contributed by atoms with E-state index in [1.54, 1.807) is 26.2 Å². The maximum absolute atomic E-state index is 12.4. The highest BCUT2D eigenvalue weighted by Gasteiger charge is 2.12. The Morgan fingerprint density at radius 3 is 2.14 bits per heavy atom. The third-order valence-corrected chi connectivity index (χ3v) is 4.62. The first-order valence-corrected chi connectivity index (χ1v) is 9.34. The molecule has 29 heavy (non-hydrogen) atoms. The number of carbonyl (C=O) groups excluding carboxylic acids is 1. The van der Waals surface area contributed by atoms with Crippen molar-refractivity contribution >= 4 is 5.91 Å². The van der Waals surface area contributed by atoms with E-state index in [4.69, 9.17) is 14.2 Å². The molecule has 0 aromatic heterocycles. The summed E-state index contributed by atoms with van der Waals surface area (Å²) in [5, 5.41) is 0. The number of rotatable bonds is 8. The van der Waals surface area contributed by atoms with Crippen LogP contribution in [0.15, 0.2) is 72.8 Å². The first-order chi connectivity index (χ1) is 14.1. The Balaban J connectivity index is 1.55. The van der Waals surface area contributed by atoms with Gasteiger partial charge in [-0.05, 0) is 41.0 Å². The summed E-state index contributed by atoms with van der Waals surface area (Å²) in [4.78, 5) is 14.1. The van der Waals surface area contributed by atoms with Crippen molar-refractivity contribution in [2.24, 2.45) is 0 Å². The fourth-order valence-corrected chi connectivity index (χ4v) is 2.97. The van der Waals surface area contributed by atoms with Gasteiger partial charge in [-0.3, -0.25) is 4.79 Å². The van der Waals surface area contributed by atoms with Gasteiger partial charge in [-0.15, -0.1) is 0 Å². The zero-order chi connectivity index (χ0) is 20.6. The number of benzene rings is 3. The molecule has 0 saturated carbocycles. The zero-order valence-electron chi connectivity index (χ0n) is 16.9. The molecule has 150 valence electrons. The van der Waals surface area contributed by atoms with Crippen molar-refractivity contribution in [2.75, 3.05) is 27.9 Å². The molecule has 0 aliphatic carbocycles. The van der Waals surface area contributed by atoms with Gasteiger partial charge in [-0.2, -0.15) is 0 Å². The van der Waals surface area contributed by atoms with E-state index in [1.165, 1.54) is 0 Å². The highest BCUT2D eigenvalue weighted by atomic mass is 16.5. The minimum absolute atomic E-state index is 0.0194. The summed E-state index contributed by atoms with van der Waals surface area (Å²) < 4.78 is 16.2. The summed E-state index contributed by atoms with van der Waals surface area (Å²) in [5.41, 5.74) is 3.20. The van der Waals surface area contributed by atoms with E-state index in [1.807, 2.05) is 60.7 Å². The van der Waals surface area contributed by atoms with Gasteiger partial charge in [0.1, 0.15) is 5.75 Å². The van der Waals surface area contributed by atoms with Gasteiger partial charge in [0.2, 0.25) is 0 Å². The Hall–Kier alpha value is -3.47. The minimum Gasteiger partial charge on any atom is -0.493 e. The summed E-state index contributed by atoms with van der Waals surface area (Å²) in [6.45, 7) is 0.434. The lowest BCUT2D eigenvalue weighted by Crippen LogP contribution is -2.30. The van der Waals surface area contributed by atoms with Crippen LogP contribution in [-0.4, -0.2) is 38.7 Å². The van der Waals surface area contributed by atoms with Gasteiger partial charge >= 0.3 is 0 Å². The van der Waals surface area contributed by atoms with Crippen molar-refractivity contribution in [3.05, 3.63) is 78.4 Å². The molecule has 0 unspecified atom stereocenters. The predicted octanol–water partition coefficient (Wildman–Crippen LogP) is 4.41. The molecule has 3 aromatic carbocycles. The van der Waals surface area contributed by atoms with E-state index in [-0.39, 0.29) is 12.5 Å². The van der Waals surface area contributed by atoms with E-state index in [0.29, 0.717) is 23.8 Å². The average molecular weight is 391 g/mol. The minimum atomic E-state index is -0.105. The van der Waals surface area contributed by atoms with Crippen molar-refractivity contribution < 1.29 is 19.0 Å². The Morgan fingerprint density at radius 2 is 1.48 bits per heavy atom. The van der Waals surface area contributed by atoms with Gasteiger partial charge in [0.15, 0.2) is 18.1 Å². The summed E-state index contributed by atoms with van der Waals surface area (Å²) in [5.74, 6) is 1.86. The number of hydrogen-bond acceptors (Lipinski definition) is 4. The summed E-state index contributed by atoms with van der Waals surface area (Å²) in [7, 11) is 4.94. The third-order valence-electron chi connectivity index (χ3n) is 4.62. The second kappa shape index (κ2) is 9.64. The maximum Gasteiger partial charge on any atom is 0.260 e. The summed E-state index contributed by atoms with van der Waals surface area (Å²) in [6.07, 6.45) is 0. The Labute approximate surface area is 171 Å². The van der Waals surface area contributed by atoms with Crippen LogP contribution >= 0.6 is 0 Å². The molecule has 0 saturated heterocycles. The lowest BCUT2D eigenvalue weighted by atomic mass is 10.1. The van der Waals surface area contributed by atoms with Gasteiger partial charge < -0.3 is 19.1 Å². The third kappa shape index (κ3) is 5.29. The second-order valence-corrected chi connectivity index (χ2v) is 6.62. The van der Waals surface area contributed by atoms with Crippen molar-refractivity contribution in [2.45, 2.75) is 6.54 Å². The fourth-order valence-electron chi connectivity index (χ4n) is 2.97. The van der Waals surface area contributed by atoms with E-state index in [2.05, 4.69) is 12.1 Å². The molecule has 0 atom stereocenters. The van der Waals surface area contributed by atoms with Crippen LogP contribution in [0.2, 0.25) is 0 Å². The predicted molar refractivity (Wildman–Crippen MR) is 113 cm³/mol. The number of hydrogen-bond donors (Lipinski definition) is 0. The van der Waals surface area contributed by atoms with E-state index >= 15 is 0 Å². The maximum atomic E-state index is 12.4. The largest absolute Gasteiger partial charge is 0.493 e. The Kier molecular flexibility index (Phi) is 6.74. The van der Waals surface area contributed by atoms with Crippen molar-refractivity contribution in [3.8, 4) is 28.4 Å². The smallest absolute Gasteiger partial charge is 0.260 e. The molecular weight excluding hydrogens is 366 g/mol. The normalized spacial score (nSPS) is 10.3. The molecule has 0 aliphatic heterocycles. The molecule has 0 fully saturated rings. The molecule has 0 heterocycles. The molecule has 0 radical (unpaired) electrons. The molecule has 3 aromatic rings. The molecule has 0 aliphatic rings. The van der Waals surface area contributed by atoms with Crippen LogP contribution in [0.4, 0.5) is 0 Å². The average Bonchev–Trinajstić information content (AvgIpc) is 2.78. The Bertz CT molecular complexity index is 939. The first kappa shape index (κ1) is 20.3. The van der Waals surface area contributed by atoms with Gasteiger partial charge in [-0.1, -0.05) is 48.5 Å². The molecular formula is C24H25NO4. The number of methoxy groups -OCH3 is 2. The highest BCUT2D eigenvalue weighted by molar-refractivity contribution is 5.77. The van der Waals surface area contributed by atoms with Crippen LogP contribution in [0, 0.1) is 0 Å². The fraction of sp³-hybridized carbons (Fsp3) is 0.208.